The third-order valence-electron chi connectivity index (χ3n) is 6.32. The van der Waals surface area contributed by atoms with E-state index in [1.54, 1.807) is 10.9 Å². The lowest BCUT2D eigenvalue weighted by Gasteiger charge is -2.43. The molecule has 4 rings (SSSR count). The molecule has 7 nitrogen and oxygen atoms in total. The number of carbonyl (C=O) groups is 1. The molecule has 1 saturated carbocycles. The number of carbonyl (C=O) groups excluding carboxylic acids is 1. The summed E-state index contributed by atoms with van der Waals surface area (Å²) < 4.78 is 39.3. The molecule has 1 aromatic carbocycles. The van der Waals surface area contributed by atoms with Gasteiger partial charge in [-0.2, -0.15) is 23.5 Å². The molecule has 3 N–H and O–H groups in total. The maximum Gasteiger partial charge on any atom is 0.393 e. The van der Waals surface area contributed by atoms with E-state index in [0.717, 1.165) is 32.4 Å². The number of benzene rings is 1. The molecule has 170 valence electrons. The van der Waals surface area contributed by atoms with E-state index in [2.05, 4.69) is 21.4 Å². The molecule has 2 aromatic rings. The van der Waals surface area contributed by atoms with Gasteiger partial charge in [0.2, 0.25) is 0 Å². The minimum Gasteiger partial charge on any atom is -0.365 e. The zero-order valence-electron chi connectivity index (χ0n) is 17.5. The van der Waals surface area contributed by atoms with Gasteiger partial charge in [-0.1, -0.05) is 12.1 Å². The van der Waals surface area contributed by atoms with Crippen LogP contribution >= 0.6 is 0 Å². The van der Waals surface area contributed by atoms with Crippen molar-refractivity contribution in [2.24, 2.45) is 11.7 Å². The second-order valence-corrected chi connectivity index (χ2v) is 8.51. The highest BCUT2D eigenvalue weighted by atomic mass is 19.4. The number of hydrogen-bond donors (Lipinski definition) is 2. The number of nitriles is 1. The molecule has 0 spiro atoms. The average Bonchev–Trinajstić information content (AvgIpc) is 3.11. The first kappa shape index (κ1) is 22.1. The quantitative estimate of drug-likeness (QED) is 0.704. The van der Waals surface area contributed by atoms with Gasteiger partial charge in [-0.25, -0.2) is 0 Å². The number of likely N-dealkylation sites (tertiary alicyclic amines) is 1. The van der Waals surface area contributed by atoms with Crippen LogP contribution in [0.25, 0.3) is 0 Å². The molecule has 2 fully saturated rings. The van der Waals surface area contributed by atoms with Crippen molar-refractivity contribution in [3.05, 3.63) is 41.6 Å². The van der Waals surface area contributed by atoms with Crippen LogP contribution in [0.5, 0.6) is 0 Å². The van der Waals surface area contributed by atoms with Crippen molar-refractivity contribution in [1.29, 1.82) is 5.26 Å². The molecular formula is C22H25F3N6O. The molecule has 32 heavy (non-hydrogen) atoms. The Morgan fingerprint density at radius 3 is 2.53 bits per heavy atom. The number of aromatic nitrogens is 2. The van der Waals surface area contributed by atoms with Crippen LogP contribution in [0.3, 0.4) is 0 Å². The number of hydrogen-bond acceptors (Lipinski definition) is 5. The lowest BCUT2D eigenvalue weighted by atomic mass is 9.81. The SMILES string of the molecule is N#C[C@H]1C[C@H](N2CCC2)CCC1n1cc(C(N)=O)c(Nc2ccc(CC(F)(F)F)cc2)n1. The molecule has 0 radical (unpaired) electrons. The predicted octanol–water partition coefficient (Wildman–Crippen LogP) is 3.77. The zero-order valence-corrected chi connectivity index (χ0v) is 17.5. The molecule has 2 aliphatic rings. The van der Waals surface area contributed by atoms with E-state index in [4.69, 9.17) is 5.73 Å². The van der Waals surface area contributed by atoms with Crippen molar-refractivity contribution in [3.8, 4) is 6.07 Å². The summed E-state index contributed by atoms with van der Waals surface area (Å²) in [6, 6.07) is 8.39. The van der Waals surface area contributed by atoms with E-state index in [-0.39, 0.29) is 28.9 Å². The highest BCUT2D eigenvalue weighted by Crippen LogP contribution is 2.37. The highest BCUT2D eigenvalue weighted by molar-refractivity contribution is 5.98. The molecule has 1 unspecified atom stereocenters. The summed E-state index contributed by atoms with van der Waals surface area (Å²) in [5, 5.41) is 17.2. The van der Waals surface area contributed by atoms with Gasteiger partial charge in [-0.15, -0.1) is 0 Å². The second-order valence-electron chi connectivity index (χ2n) is 8.51. The first-order valence-corrected chi connectivity index (χ1v) is 10.7. The fourth-order valence-electron chi connectivity index (χ4n) is 4.53. The van der Waals surface area contributed by atoms with E-state index < -0.39 is 18.5 Å². The summed E-state index contributed by atoms with van der Waals surface area (Å²) in [5.41, 5.74) is 6.33. The fraction of sp³-hybridized carbons (Fsp3) is 0.500. The molecule has 0 bridgehead atoms. The van der Waals surface area contributed by atoms with Gasteiger partial charge in [-0.3, -0.25) is 9.48 Å². The maximum atomic E-state index is 12.6. The van der Waals surface area contributed by atoms with Crippen LogP contribution in [0.15, 0.2) is 30.5 Å². The summed E-state index contributed by atoms with van der Waals surface area (Å²) >= 11 is 0. The fourth-order valence-corrected chi connectivity index (χ4v) is 4.53. The lowest BCUT2D eigenvalue weighted by Crippen LogP contribution is -2.48. The summed E-state index contributed by atoms with van der Waals surface area (Å²) in [6.45, 7) is 2.16. The minimum absolute atomic E-state index is 0.138. The second kappa shape index (κ2) is 8.82. The number of anilines is 2. The van der Waals surface area contributed by atoms with Crippen LogP contribution in [0.4, 0.5) is 24.7 Å². The van der Waals surface area contributed by atoms with Gasteiger partial charge in [0.15, 0.2) is 5.82 Å². The Morgan fingerprint density at radius 1 is 1.25 bits per heavy atom. The van der Waals surface area contributed by atoms with Gasteiger partial charge in [0.25, 0.3) is 5.91 Å². The van der Waals surface area contributed by atoms with Crippen LogP contribution in [-0.2, 0) is 6.42 Å². The van der Waals surface area contributed by atoms with E-state index in [1.165, 1.54) is 30.7 Å². The van der Waals surface area contributed by atoms with E-state index >= 15 is 0 Å². The van der Waals surface area contributed by atoms with Gasteiger partial charge in [-0.05, 0) is 56.5 Å². The third kappa shape index (κ3) is 4.88. The minimum atomic E-state index is -4.28. The molecule has 3 atom stereocenters. The van der Waals surface area contributed by atoms with Crippen molar-refractivity contribution >= 4 is 17.4 Å². The summed E-state index contributed by atoms with van der Waals surface area (Å²) in [6.07, 6.45) is -0.0473. The monoisotopic (exact) mass is 446 g/mol. The Hall–Kier alpha value is -3.06. The summed E-state index contributed by atoms with van der Waals surface area (Å²) in [5.74, 6) is -0.678. The van der Waals surface area contributed by atoms with Gasteiger partial charge < -0.3 is 16.0 Å². The molecule has 2 heterocycles. The van der Waals surface area contributed by atoms with Crippen LogP contribution in [0.2, 0.25) is 0 Å². The molecule has 1 aliphatic heterocycles. The van der Waals surface area contributed by atoms with Crippen molar-refractivity contribution in [2.75, 3.05) is 18.4 Å². The van der Waals surface area contributed by atoms with Gasteiger partial charge in [0.1, 0.15) is 5.56 Å². The Balaban J connectivity index is 1.51. The maximum absolute atomic E-state index is 12.6. The van der Waals surface area contributed by atoms with Crippen LogP contribution in [0.1, 0.15) is 47.6 Å². The van der Waals surface area contributed by atoms with Crippen molar-refractivity contribution in [2.45, 2.75) is 50.4 Å². The van der Waals surface area contributed by atoms with Crippen LogP contribution in [-0.4, -0.2) is 45.9 Å². The van der Waals surface area contributed by atoms with E-state index in [9.17, 15) is 23.2 Å². The van der Waals surface area contributed by atoms with Crippen LogP contribution in [0, 0.1) is 17.2 Å². The Morgan fingerprint density at radius 2 is 1.97 bits per heavy atom. The van der Waals surface area contributed by atoms with E-state index in [0.29, 0.717) is 11.7 Å². The number of amides is 1. The number of rotatable bonds is 6. The van der Waals surface area contributed by atoms with Crippen molar-refractivity contribution < 1.29 is 18.0 Å². The Bertz CT molecular complexity index is 1010. The molecular weight excluding hydrogens is 421 g/mol. The topological polar surface area (TPSA) is 100.0 Å². The standard InChI is InChI=1S/C22H25F3N6O/c23-22(24,25)11-14-2-4-16(5-3-14)28-21-18(20(27)32)13-31(29-21)19-7-6-17(10-15(19)12-26)30-8-1-9-30/h2-5,13,15,17,19H,1,6-11H2,(H2,27,32)(H,28,29)/t15-,17-,19?/m1/s1. The largest absolute Gasteiger partial charge is 0.393 e. The molecule has 1 aliphatic carbocycles. The first-order valence-electron chi connectivity index (χ1n) is 10.7. The zero-order chi connectivity index (χ0) is 22.9. The van der Waals surface area contributed by atoms with Gasteiger partial charge >= 0.3 is 6.18 Å². The van der Waals surface area contributed by atoms with Gasteiger partial charge in [0.05, 0.1) is 24.4 Å². The summed E-state index contributed by atoms with van der Waals surface area (Å²) in [4.78, 5) is 14.4. The highest BCUT2D eigenvalue weighted by Gasteiger charge is 2.37. The number of nitrogens with two attached hydrogens (primary N) is 1. The van der Waals surface area contributed by atoms with E-state index in [1.807, 2.05) is 0 Å². The molecule has 1 saturated heterocycles. The van der Waals surface area contributed by atoms with Crippen molar-refractivity contribution in [3.63, 3.8) is 0 Å². The normalized spacial score (nSPS) is 23.9. The molecule has 10 heteroatoms. The Kier molecular flexibility index (Phi) is 6.11. The lowest BCUT2D eigenvalue weighted by molar-refractivity contribution is -0.127. The van der Waals surface area contributed by atoms with Gasteiger partial charge in [0, 0.05) is 17.9 Å². The number of nitrogens with zero attached hydrogens (tertiary/aromatic N) is 4. The average molecular weight is 446 g/mol. The number of alkyl halides is 3. The predicted molar refractivity (Wildman–Crippen MR) is 112 cm³/mol. The number of primary amides is 1. The smallest absolute Gasteiger partial charge is 0.365 e. The van der Waals surface area contributed by atoms with Crippen molar-refractivity contribution in [1.82, 2.24) is 14.7 Å². The Labute approximate surface area is 184 Å². The first-order chi connectivity index (χ1) is 15.2. The summed E-state index contributed by atoms with van der Waals surface area (Å²) in [7, 11) is 0. The number of halogens is 3. The number of nitrogens with one attached hydrogen (secondary N) is 1. The molecule has 1 amide bonds. The third-order valence-corrected chi connectivity index (χ3v) is 6.32. The van der Waals surface area contributed by atoms with Crippen LogP contribution < -0.4 is 11.1 Å². The molecule has 1 aromatic heterocycles.